The molecule has 0 saturated heterocycles. The van der Waals surface area contributed by atoms with E-state index >= 15 is 0 Å². The fourth-order valence-corrected chi connectivity index (χ4v) is 17.1. The molecule has 0 bridgehead atoms. The molecule has 2 rings (SSSR count). The summed E-state index contributed by atoms with van der Waals surface area (Å²) in [5.41, 5.74) is 3.07. The molecule has 0 aromatic heterocycles. The average molecular weight is 687 g/mol. The van der Waals surface area contributed by atoms with Crippen LogP contribution in [-0.2, 0) is 0 Å². The number of halogens is 2. The van der Waals surface area contributed by atoms with Gasteiger partial charge in [0.1, 0.15) is 0 Å². The van der Waals surface area contributed by atoms with Gasteiger partial charge < -0.3 is 0 Å². The zero-order valence-corrected chi connectivity index (χ0v) is 27.4. The molecule has 2 aliphatic heterocycles. The Balaban J connectivity index is 2.78. The van der Waals surface area contributed by atoms with Crippen LogP contribution in [-0.4, -0.2) is 21.5 Å². The van der Waals surface area contributed by atoms with Crippen LogP contribution in [0.2, 0.25) is 0 Å². The van der Waals surface area contributed by atoms with Gasteiger partial charge >= 0.3 is 222 Å². The van der Waals surface area contributed by atoms with Gasteiger partial charge in [-0.05, 0) is 0 Å². The Bertz CT molecular complexity index is 911. The first-order valence-electron chi connectivity index (χ1n) is 11.0. The Kier molecular flexibility index (Phi) is 8.49. The second-order valence-corrected chi connectivity index (χ2v) is 20.7. The van der Waals surface area contributed by atoms with E-state index in [1.54, 1.807) is 0 Å². The predicted octanol–water partition coefficient (Wildman–Crippen LogP) is 9.76. The molecule has 0 aliphatic carbocycles. The summed E-state index contributed by atoms with van der Waals surface area (Å²) in [6.45, 7) is 27.8. The summed E-state index contributed by atoms with van der Waals surface area (Å²) in [7, 11) is 7.26. The summed E-state index contributed by atoms with van der Waals surface area (Å²) < 4.78 is 4.34. The van der Waals surface area contributed by atoms with Crippen LogP contribution < -0.4 is 0 Å². The van der Waals surface area contributed by atoms with E-state index in [0.717, 1.165) is 0 Å². The molecule has 0 aromatic rings. The third kappa shape index (κ3) is 6.88. The van der Waals surface area contributed by atoms with E-state index in [2.05, 4.69) is 130 Å². The molecule has 0 N–H and O–H groups in total. The molecule has 0 nitrogen and oxygen atoms in total. The van der Waals surface area contributed by atoms with Crippen molar-refractivity contribution in [1.82, 2.24) is 0 Å². The molecule has 0 amide bonds. The molecule has 31 heavy (non-hydrogen) atoms. The number of hydrogen-bond donors (Lipinski definition) is 0. The summed E-state index contributed by atoms with van der Waals surface area (Å²) in [6, 6.07) is 0. The molecule has 0 aromatic carbocycles. The summed E-state index contributed by atoms with van der Waals surface area (Å²) in [4.78, 5) is 2.87. The fraction of sp³-hybridized carbons (Fsp3) is 0.593. The van der Waals surface area contributed by atoms with Crippen molar-refractivity contribution in [2.75, 3.05) is 0 Å². The van der Waals surface area contributed by atoms with Crippen molar-refractivity contribution in [2.24, 2.45) is 21.7 Å². The van der Waals surface area contributed by atoms with E-state index in [4.69, 9.17) is 8.96 Å². The number of thioether (sulfide) groups is 1. The van der Waals surface area contributed by atoms with E-state index in [-0.39, 0.29) is 21.7 Å². The Labute approximate surface area is 220 Å². The van der Waals surface area contributed by atoms with Gasteiger partial charge in [0.15, 0.2) is 0 Å². The SMILES string of the molecule is CC(C)(C)C1=CC(=CC2=CC(C(C)(C)C)=[Te](Cl)C(C(C)(C)C)=C2I)C=C(C(C)(C)C)S1. The van der Waals surface area contributed by atoms with Crippen molar-refractivity contribution in [3.63, 3.8) is 0 Å². The first-order valence-corrected chi connectivity index (χ1v) is 18.1. The van der Waals surface area contributed by atoms with E-state index in [9.17, 15) is 0 Å². The molecule has 0 atom stereocenters. The van der Waals surface area contributed by atoms with Crippen molar-refractivity contribution in [2.45, 2.75) is 83.1 Å². The van der Waals surface area contributed by atoms with Crippen LogP contribution in [0.15, 0.2) is 52.5 Å². The molecular formula is C27H40ClISTe. The van der Waals surface area contributed by atoms with Gasteiger partial charge in [0, 0.05) is 0 Å². The van der Waals surface area contributed by atoms with Crippen molar-refractivity contribution in [1.29, 1.82) is 0 Å². The molecule has 4 heteroatoms. The quantitative estimate of drug-likeness (QED) is 0.196. The topological polar surface area (TPSA) is 0 Å². The van der Waals surface area contributed by atoms with Crippen molar-refractivity contribution in [3.8, 4) is 0 Å². The van der Waals surface area contributed by atoms with Crippen molar-refractivity contribution < 1.29 is 0 Å². The summed E-state index contributed by atoms with van der Waals surface area (Å²) in [5, 5.41) is 0. The van der Waals surface area contributed by atoms with Crippen LogP contribution in [0.5, 0.6) is 0 Å². The molecule has 0 radical (unpaired) electrons. The summed E-state index contributed by atoms with van der Waals surface area (Å²) in [6.07, 6.45) is 9.61. The van der Waals surface area contributed by atoms with Gasteiger partial charge in [-0.3, -0.25) is 0 Å². The zero-order chi connectivity index (χ0) is 24.2. The van der Waals surface area contributed by atoms with Crippen molar-refractivity contribution >= 4 is 64.8 Å². The van der Waals surface area contributed by atoms with E-state index < -0.39 is 18.0 Å². The van der Waals surface area contributed by atoms with Crippen LogP contribution in [0.1, 0.15) is 83.1 Å². The van der Waals surface area contributed by atoms with E-state index in [1.807, 2.05) is 11.8 Å². The Morgan fingerprint density at radius 2 is 1.19 bits per heavy atom. The molecule has 0 fully saturated rings. The van der Waals surface area contributed by atoms with Gasteiger partial charge in [-0.25, -0.2) is 0 Å². The second kappa shape index (κ2) is 9.41. The molecule has 0 saturated carbocycles. The van der Waals surface area contributed by atoms with Crippen LogP contribution in [0, 0.1) is 21.7 Å². The molecule has 2 aliphatic rings. The fourth-order valence-electron chi connectivity index (χ4n) is 3.29. The number of hydrogen-bond acceptors (Lipinski definition) is 1. The van der Waals surface area contributed by atoms with Gasteiger partial charge in [0.25, 0.3) is 0 Å². The van der Waals surface area contributed by atoms with Gasteiger partial charge in [-0.15, -0.1) is 0 Å². The van der Waals surface area contributed by atoms with E-state index in [1.165, 1.54) is 31.7 Å². The molecule has 0 spiro atoms. The van der Waals surface area contributed by atoms with E-state index in [0.29, 0.717) is 0 Å². The third-order valence-electron chi connectivity index (χ3n) is 5.15. The van der Waals surface area contributed by atoms with Gasteiger partial charge in [-0.2, -0.15) is 0 Å². The summed E-state index contributed by atoms with van der Waals surface area (Å²) >= 11 is 2.46. The molecule has 2 heterocycles. The maximum absolute atomic E-state index is 7.26. The first-order chi connectivity index (χ1) is 13.7. The number of rotatable bonds is 1. The van der Waals surface area contributed by atoms with Crippen LogP contribution in [0.3, 0.4) is 0 Å². The standard InChI is InChI=1S/C27H40ClISTe/c1-24(2,3)19-14-17(15-20(30-19)25(4,5)6)13-18-16-21(26(7,8)9)31(28)23(22(18)29)27(10,11)12/h13-16H,1-12H3. The Hall–Kier alpha value is 0.730. The van der Waals surface area contributed by atoms with Gasteiger partial charge in [0.2, 0.25) is 0 Å². The van der Waals surface area contributed by atoms with Crippen LogP contribution in [0.4, 0.5) is 0 Å². The first kappa shape index (κ1) is 28.0. The molecule has 0 unspecified atom stereocenters. The maximum atomic E-state index is 7.26. The number of allylic oxidation sites excluding steroid dienone is 10. The Morgan fingerprint density at radius 3 is 1.55 bits per heavy atom. The minimum atomic E-state index is -2.05. The third-order valence-corrected chi connectivity index (χ3v) is 18.0. The normalized spacial score (nSPS) is 20.0. The van der Waals surface area contributed by atoms with Gasteiger partial charge in [0.05, 0.1) is 0 Å². The monoisotopic (exact) mass is 688 g/mol. The van der Waals surface area contributed by atoms with Crippen LogP contribution >= 0.6 is 43.3 Å². The Morgan fingerprint density at radius 1 is 0.742 bits per heavy atom. The predicted molar refractivity (Wildman–Crippen MR) is 155 cm³/mol. The molecular weight excluding hydrogens is 646 g/mol. The van der Waals surface area contributed by atoms with Crippen molar-refractivity contribution in [3.05, 3.63) is 52.5 Å². The second-order valence-electron chi connectivity index (χ2n) is 12.6. The summed E-state index contributed by atoms with van der Waals surface area (Å²) in [5.74, 6) is 0. The van der Waals surface area contributed by atoms with Crippen LogP contribution in [0.25, 0.3) is 0 Å². The molecule has 174 valence electrons. The average Bonchev–Trinajstić information content (AvgIpc) is 2.53. The minimum absolute atomic E-state index is 0.0881. The van der Waals surface area contributed by atoms with Gasteiger partial charge in [-0.1, -0.05) is 0 Å². The zero-order valence-electron chi connectivity index (χ0n) is 21.4.